The van der Waals surface area contributed by atoms with Crippen molar-refractivity contribution in [1.29, 1.82) is 0 Å². The average molecular weight is 612 g/mol. The van der Waals surface area contributed by atoms with Crippen molar-refractivity contribution >= 4 is 27.5 Å². The Morgan fingerprint density at radius 3 is 2.12 bits per heavy atom. The smallest absolute Gasteiger partial charge is 0.264 e. The van der Waals surface area contributed by atoms with Crippen LogP contribution in [0.1, 0.15) is 38.8 Å². The number of carbonyl (C=O) groups is 2. The van der Waals surface area contributed by atoms with Crippen molar-refractivity contribution in [3.63, 3.8) is 0 Å². The topological polar surface area (TPSA) is 114 Å². The lowest BCUT2D eigenvalue weighted by Crippen LogP contribution is -2.54. The Balaban J connectivity index is 2.11. The van der Waals surface area contributed by atoms with Crippen molar-refractivity contribution in [1.82, 2.24) is 10.2 Å². The monoisotopic (exact) mass is 611 g/mol. The molecule has 0 bridgehead atoms. The molecule has 0 aliphatic heterocycles. The molecule has 43 heavy (non-hydrogen) atoms. The minimum absolute atomic E-state index is 0.0126. The van der Waals surface area contributed by atoms with Gasteiger partial charge in [-0.2, -0.15) is 0 Å². The molecule has 10 nitrogen and oxygen atoms in total. The highest BCUT2D eigenvalue weighted by molar-refractivity contribution is 7.92. The van der Waals surface area contributed by atoms with Crippen LogP contribution in [0.4, 0.5) is 5.69 Å². The summed E-state index contributed by atoms with van der Waals surface area (Å²) in [5, 5.41) is 2.92. The van der Waals surface area contributed by atoms with Gasteiger partial charge in [-0.15, -0.1) is 0 Å². The first-order chi connectivity index (χ1) is 20.2. The summed E-state index contributed by atoms with van der Waals surface area (Å²) in [6.45, 7) is 8.47. The molecule has 0 fully saturated rings. The lowest BCUT2D eigenvalue weighted by atomic mass is 10.1. The maximum absolute atomic E-state index is 14.2. The maximum Gasteiger partial charge on any atom is 0.264 e. The standard InChI is InChI=1S/C32H41N3O7S/c1-22-12-15-27(16-13-22)43(38,39)35(25-14-17-28(41-7)29(19-25)42-8)21-30(36)34(23(2)31(37)33-32(3,4)5)20-24-10-9-11-26(18-24)40-6/h9-19,23H,20-21H2,1-8H3,(H,33,37)/t23-/m1/s1. The number of nitrogens with one attached hydrogen (secondary N) is 1. The average Bonchev–Trinajstić information content (AvgIpc) is 2.97. The summed E-state index contributed by atoms with van der Waals surface area (Å²) < 4.78 is 45.3. The highest BCUT2D eigenvalue weighted by Crippen LogP contribution is 2.34. The predicted molar refractivity (Wildman–Crippen MR) is 166 cm³/mol. The largest absolute Gasteiger partial charge is 0.497 e. The van der Waals surface area contributed by atoms with E-state index in [1.165, 1.54) is 37.3 Å². The van der Waals surface area contributed by atoms with Gasteiger partial charge in [0.05, 0.1) is 31.9 Å². The fourth-order valence-electron chi connectivity index (χ4n) is 4.37. The Labute approximate surface area is 254 Å². The Kier molecular flexibility index (Phi) is 10.7. The molecule has 232 valence electrons. The molecule has 3 aromatic carbocycles. The zero-order chi connectivity index (χ0) is 31.9. The van der Waals surface area contributed by atoms with E-state index in [0.717, 1.165) is 9.87 Å². The number of benzene rings is 3. The second-order valence-corrected chi connectivity index (χ2v) is 13.0. The SMILES string of the molecule is COc1cccc(CN(C(=O)CN(c2ccc(OC)c(OC)c2)S(=O)(=O)c2ccc(C)cc2)[C@H](C)C(=O)NC(C)(C)C)c1. The molecule has 0 aliphatic carbocycles. The van der Waals surface area contributed by atoms with Gasteiger partial charge in [0.1, 0.15) is 18.3 Å². The molecule has 0 radical (unpaired) electrons. The van der Waals surface area contributed by atoms with Gasteiger partial charge in [-0.1, -0.05) is 29.8 Å². The second-order valence-electron chi connectivity index (χ2n) is 11.2. The molecule has 0 saturated carbocycles. The van der Waals surface area contributed by atoms with Crippen molar-refractivity contribution in [2.75, 3.05) is 32.2 Å². The summed E-state index contributed by atoms with van der Waals surface area (Å²) in [6, 6.07) is 17.2. The molecule has 0 saturated heterocycles. The zero-order valence-corrected chi connectivity index (χ0v) is 26.8. The van der Waals surface area contributed by atoms with E-state index in [1.54, 1.807) is 56.5 Å². The number of aryl methyl sites for hydroxylation is 1. The Morgan fingerprint density at radius 1 is 0.884 bits per heavy atom. The van der Waals surface area contributed by atoms with Gasteiger partial charge in [-0.3, -0.25) is 13.9 Å². The van der Waals surface area contributed by atoms with Crippen LogP contribution >= 0.6 is 0 Å². The molecule has 3 aromatic rings. The number of ether oxygens (including phenoxy) is 3. The normalized spacial score (nSPS) is 12.2. The summed E-state index contributed by atoms with van der Waals surface area (Å²) in [6.07, 6.45) is 0. The third-order valence-electron chi connectivity index (χ3n) is 6.70. The molecule has 1 atom stereocenters. The zero-order valence-electron chi connectivity index (χ0n) is 26.0. The quantitative estimate of drug-likeness (QED) is 0.320. The van der Waals surface area contributed by atoms with Crippen LogP contribution in [-0.4, -0.2) is 64.6 Å². The summed E-state index contributed by atoms with van der Waals surface area (Å²) in [5.41, 5.74) is 1.24. The number of hydrogen-bond acceptors (Lipinski definition) is 7. The Hall–Kier alpha value is -4.25. The minimum Gasteiger partial charge on any atom is -0.497 e. The third-order valence-corrected chi connectivity index (χ3v) is 8.48. The first-order valence-corrected chi connectivity index (χ1v) is 15.2. The summed E-state index contributed by atoms with van der Waals surface area (Å²) in [7, 11) is 0.223. The number of anilines is 1. The van der Waals surface area contributed by atoms with Gasteiger partial charge >= 0.3 is 0 Å². The van der Waals surface area contributed by atoms with E-state index < -0.39 is 34.1 Å². The third kappa shape index (κ3) is 8.41. The molecule has 0 aromatic heterocycles. The van der Waals surface area contributed by atoms with Crippen molar-refractivity contribution < 1.29 is 32.2 Å². The highest BCUT2D eigenvalue weighted by atomic mass is 32.2. The molecule has 2 amide bonds. The van der Waals surface area contributed by atoms with E-state index in [9.17, 15) is 18.0 Å². The number of hydrogen-bond donors (Lipinski definition) is 1. The lowest BCUT2D eigenvalue weighted by Gasteiger charge is -2.33. The van der Waals surface area contributed by atoms with E-state index in [4.69, 9.17) is 14.2 Å². The molecule has 0 unspecified atom stereocenters. The van der Waals surface area contributed by atoms with Gasteiger partial charge in [0.25, 0.3) is 10.0 Å². The molecular formula is C32H41N3O7S. The van der Waals surface area contributed by atoms with E-state index >= 15 is 0 Å². The molecule has 3 rings (SSSR count). The lowest BCUT2D eigenvalue weighted by molar-refractivity contribution is -0.140. The van der Waals surface area contributed by atoms with Crippen LogP contribution in [0.15, 0.2) is 71.6 Å². The van der Waals surface area contributed by atoms with Crippen LogP contribution < -0.4 is 23.8 Å². The molecule has 0 heterocycles. The van der Waals surface area contributed by atoms with Crippen LogP contribution in [0.2, 0.25) is 0 Å². The predicted octanol–water partition coefficient (Wildman–Crippen LogP) is 4.55. The van der Waals surface area contributed by atoms with Gasteiger partial charge in [-0.05, 0) is 76.6 Å². The molecule has 0 aliphatic rings. The van der Waals surface area contributed by atoms with Gasteiger partial charge in [-0.25, -0.2) is 8.42 Å². The number of sulfonamides is 1. The summed E-state index contributed by atoms with van der Waals surface area (Å²) >= 11 is 0. The number of carbonyl (C=O) groups excluding carboxylic acids is 2. The summed E-state index contributed by atoms with van der Waals surface area (Å²) in [5.74, 6) is 0.332. The first kappa shape index (κ1) is 33.3. The van der Waals surface area contributed by atoms with Crippen molar-refractivity contribution in [3.8, 4) is 17.2 Å². The van der Waals surface area contributed by atoms with Crippen LogP contribution in [0.5, 0.6) is 17.2 Å². The number of nitrogens with zero attached hydrogens (tertiary/aromatic N) is 2. The van der Waals surface area contributed by atoms with Gasteiger partial charge in [0, 0.05) is 18.2 Å². The van der Waals surface area contributed by atoms with Gasteiger partial charge in [0.15, 0.2) is 11.5 Å². The molecular weight excluding hydrogens is 570 g/mol. The Morgan fingerprint density at radius 2 is 1.53 bits per heavy atom. The molecule has 11 heteroatoms. The van der Waals surface area contributed by atoms with E-state index in [0.29, 0.717) is 22.8 Å². The first-order valence-electron chi connectivity index (χ1n) is 13.8. The number of amides is 2. The van der Waals surface area contributed by atoms with Crippen LogP contribution in [0, 0.1) is 6.92 Å². The minimum atomic E-state index is -4.23. The second kappa shape index (κ2) is 13.8. The molecule has 1 N–H and O–H groups in total. The van der Waals surface area contributed by atoms with E-state index in [-0.39, 0.29) is 23.0 Å². The fraction of sp³-hybridized carbons (Fsp3) is 0.375. The summed E-state index contributed by atoms with van der Waals surface area (Å²) in [4.78, 5) is 28.8. The Bertz CT molecular complexity index is 1530. The van der Waals surface area contributed by atoms with E-state index in [2.05, 4.69) is 5.32 Å². The number of methoxy groups -OCH3 is 3. The highest BCUT2D eigenvalue weighted by Gasteiger charge is 2.33. The van der Waals surface area contributed by atoms with Crippen LogP contribution in [-0.2, 0) is 26.2 Å². The fourth-order valence-corrected chi connectivity index (χ4v) is 5.78. The maximum atomic E-state index is 14.2. The van der Waals surface area contributed by atoms with Crippen LogP contribution in [0.3, 0.4) is 0 Å². The molecule has 0 spiro atoms. The van der Waals surface area contributed by atoms with Crippen molar-refractivity contribution in [2.45, 2.75) is 57.6 Å². The van der Waals surface area contributed by atoms with E-state index in [1.807, 2.05) is 33.8 Å². The number of rotatable bonds is 12. The van der Waals surface area contributed by atoms with Crippen LogP contribution in [0.25, 0.3) is 0 Å². The van der Waals surface area contributed by atoms with Crippen molar-refractivity contribution in [3.05, 3.63) is 77.9 Å². The van der Waals surface area contributed by atoms with Crippen molar-refractivity contribution in [2.24, 2.45) is 0 Å². The van der Waals surface area contributed by atoms with Gasteiger partial charge in [0.2, 0.25) is 11.8 Å². The van der Waals surface area contributed by atoms with Gasteiger partial charge < -0.3 is 24.4 Å².